The molecule has 0 amide bonds. The van der Waals surface area contributed by atoms with Gasteiger partial charge < -0.3 is 10.6 Å². The van der Waals surface area contributed by atoms with Gasteiger partial charge in [0.1, 0.15) is 0 Å². The van der Waals surface area contributed by atoms with E-state index >= 15 is 0 Å². The number of anilines is 1. The van der Waals surface area contributed by atoms with Crippen molar-refractivity contribution in [1.82, 2.24) is 5.32 Å². The van der Waals surface area contributed by atoms with Crippen LogP contribution in [0.25, 0.3) is 0 Å². The molecule has 0 aliphatic heterocycles. The minimum absolute atomic E-state index is 0.102. The minimum Gasteiger partial charge on any atom is -0.356 e. The number of aryl methyl sites for hydroxylation is 2. The fourth-order valence-corrected chi connectivity index (χ4v) is 2.81. The lowest BCUT2D eigenvalue weighted by Crippen LogP contribution is -2.31. The first-order valence-corrected chi connectivity index (χ1v) is 8.13. The van der Waals surface area contributed by atoms with Gasteiger partial charge in [-0.05, 0) is 67.9 Å². The van der Waals surface area contributed by atoms with Crippen molar-refractivity contribution in [3.63, 3.8) is 0 Å². The number of thiocarbonyl (C=S) groups is 1. The van der Waals surface area contributed by atoms with Crippen molar-refractivity contribution >= 4 is 46.2 Å². The number of rotatable bonds is 3. The number of halogens is 2. The van der Waals surface area contributed by atoms with Crippen LogP contribution in [-0.4, -0.2) is 5.11 Å². The molecule has 1 atom stereocenters. The molecule has 2 nitrogen and oxygen atoms in total. The molecule has 2 rings (SSSR count). The topological polar surface area (TPSA) is 24.1 Å². The Morgan fingerprint density at radius 2 is 1.77 bits per heavy atom. The highest BCUT2D eigenvalue weighted by atomic mass is 35.5. The van der Waals surface area contributed by atoms with E-state index in [4.69, 9.17) is 35.4 Å². The maximum Gasteiger partial charge on any atom is 0.171 e. The van der Waals surface area contributed by atoms with E-state index in [0.717, 1.165) is 5.69 Å². The van der Waals surface area contributed by atoms with Crippen LogP contribution in [0, 0.1) is 13.8 Å². The van der Waals surface area contributed by atoms with E-state index in [1.54, 1.807) is 18.2 Å². The third-order valence-electron chi connectivity index (χ3n) is 3.56. The molecule has 0 saturated carbocycles. The van der Waals surface area contributed by atoms with Crippen LogP contribution in [0.3, 0.4) is 0 Å². The molecule has 2 aromatic carbocycles. The van der Waals surface area contributed by atoms with Crippen molar-refractivity contribution in [1.29, 1.82) is 0 Å². The van der Waals surface area contributed by atoms with Crippen molar-refractivity contribution in [2.24, 2.45) is 0 Å². The van der Waals surface area contributed by atoms with Gasteiger partial charge in [-0.15, -0.1) is 0 Å². The van der Waals surface area contributed by atoms with Crippen LogP contribution in [0.15, 0.2) is 36.4 Å². The average Bonchev–Trinajstić information content (AvgIpc) is 2.45. The number of hydrogen-bond donors (Lipinski definition) is 2. The van der Waals surface area contributed by atoms with Crippen LogP contribution in [-0.2, 0) is 0 Å². The number of nitrogens with one attached hydrogen (secondary N) is 2. The molecule has 0 spiro atoms. The summed E-state index contributed by atoms with van der Waals surface area (Å²) in [5, 5.41) is 8.01. The van der Waals surface area contributed by atoms with Crippen LogP contribution in [0.4, 0.5) is 5.69 Å². The van der Waals surface area contributed by atoms with Gasteiger partial charge >= 0.3 is 0 Å². The van der Waals surface area contributed by atoms with Crippen molar-refractivity contribution in [3.05, 3.63) is 63.1 Å². The molecule has 116 valence electrons. The van der Waals surface area contributed by atoms with Gasteiger partial charge in [0.15, 0.2) is 5.11 Å². The van der Waals surface area contributed by atoms with Gasteiger partial charge in [0.25, 0.3) is 0 Å². The molecule has 0 fully saturated rings. The predicted molar refractivity (Wildman–Crippen MR) is 100 cm³/mol. The van der Waals surface area contributed by atoms with E-state index in [2.05, 4.69) is 49.6 Å². The number of benzene rings is 2. The van der Waals surface area contributed by atoms with Crippen LogP contribution >= 0.6 is 35.4 Å². The Bertz CT molecular complexity index is 701. The van der Waals surface area contributed by atoms with Crippen LogP contribution in [0.5, 0.6) is 0 Å². The maximum absolute atomic E-state index is 6.13. The Balaban J connectivity index is 2.03. The molecule has 0 heterocycles. The van der Waals surface area contributed by atoms with Gasteiger partial charge in [-0.25, -0.2) is 0 Å². The van der Waals surface area contributed by atoms with Crippen LogP contribution in [0.1, 0.15) is 29.7 Å². The largest absolute Gasteiger partial charge is 0.356 e. The van der Waals surface area contributed by atoms with Crippen molar-refractivity contribution < 1.29 is 0 Å². The highest BCUT2D eigenvalue weighted by molar-refractivity contribution is 7.80. The second-order valence-corrected chi connectivity index (χ2v) is 6.54. The van der Waals surface area contributed by atoms with Crippen molar-refractivity contribution in [2.75, 3.05) is 5.32 Å². The zero-order chi connectivity index (χ0) is 16.3. The Labute approximate surface area is 146 Å². The molecular weight excluding hydrogens is 335 g/mol. The molecular formula is C17H18Cl2N2S. The fourth-order valence-electron chi connectivity index (χ4n) is 2.06. The Morgan fingerprint density at radius 3 is 2.41 bits per heavy atom. The van der Waals surface area contributed by atoms with Crippen LogP contribution < -0.4 is 10.6 Å². The molecule has 0 bridgehead atoms. The summed E-state index contributed by atoms with van der Waals surface area (Å²) in [6.45, 7) is 6.28. The standard InChI is InChI=1S/C17H18Cl2N2S/c1-10-4-5-13(8-11(10)2)12(3)20-17(22)21-16-7-6-14(18)9-15(16)19/h4-9,12H,1-3H3,(H2,20,21,22). The zero-order valence-corrected chi connectivity index (χ0v) is 15.0. The third kappa shape index (κ3) is 4.35. The molecule has 0 aliphatic carbocycles. The highest BCUT2D eigenvalue weighted by Crippen LogP contribution is 2.25. The summed E-state index contributed by atoms with van der Waals surface area (Å²) in [6.07, 6.45) is 0. The summed E-state index contributed by atoms with van der Waals surface area (Å²) in [7, 11) is 0. The quantitative estimate of drug-likeness (QED) is 0.697. The van der Waals surface area contributed by atoms with Gasteiger partial charge in [0.05, 0.1) is 16.8 Å². The third-order valence-corrected chi connectivity index (χ3v) is 4.33. The Hall–Kier alpha value is -1.29. The van der Waals surface area contributed by atoms with E-state index in [1.807, 2.05) is 0 Å². The molecule has 5 heteroatoms. The van der Waals surface area contributed by atoms with Crippen molar-refractivity contribution in [3.8, 4) is 0 Å². The smallest absolute Gasteiger partial charge is 0.171 e. The first-order valence-electron chi connectivity index (χ1n) is 6.96. The van der Waals surface area contributed by atoms with E-state index in [0.29, 0.717) is 15.2 Å². The molecule has 22 heavy (non-hydrogen) atoms. The van der Waals surface area contributed by atoms with Gasteiger partial charge in [-0.3, -0.25) is 0 Å². The van der Waals surface area contributed by atoms with Gasteiger partial charge in [0, 0.05) is 5.02 Å². The molecule has 1 unspecified atom stereocenters. The van der Waals surface area contributed by atoms with Crippen molar-refractivity contribution in [2.45, 2.75) is 26.8 Å². The lowest BCUT2D eigenvalue weighted by molar-refractivity contribution is 0.721. The van der Waals surface area contributed by atoms with Gasteiger partial charge in [-0.1, -0.05) is 41.4 Å². The molecule has 0 aromatic heterocycles. The molecule has 2 N–H and O–H groups in total. The first kappa shape index (κ1) is 17.1. The van der Waals surface area contributed by atoms with E-state index in [-0.39, 0.29) is 6.04 Å². The van der Waals surface area contributed by atoms with E-state index < -0.39 is 0 Å². The van der Waals surface area contributed by atoms with E-state index in [1.165, 1.54) is 16.7 Å². The second-order valence-electron chi connectivity index (χ2n) is 5.29. The molecule has 2 aromatic rings. The monoisotopic (exact) mass is 352 g/mol. The lowest BCUT2D eigenvalue weighted by atomic mass is 10.0. The van der Waals surface area contributed by atoms with Crippen LogP contribution in [0.2, 0.25) is 10.0 Å². The summed E-state index contributed by atoms with van der Waals surface area (Å²) < 4.78 is 0. The predicted octanol–water partition coefficient (Wildman–Crippen LogP) is 5.66. The fraction of sp³-hybridized carbons (Fsp3) is 0.235. The summed E-state index contributed by atoms with van der Waals surface area (Å²) in [6, 6.07) is 11.8. The summed E-state index contributed by atoms with van der Waals surface area (Å²) in [5.41, 5.74) is 4.47. The van der Waals surface area contributed by atoms with Gasteiger partial charge in [0.2, 0.25) is 0 Å². The maximum atomic E-state index is 6.13. The van der Waals surface area contributed by atoms with E-state index in [9.17, 15) is 0 Å². The zero-order valence-electron chi connectivity index (χ0n) is 12.7. The Kier molecular flexibility index (Phi) is 5.68. The summed E-state index contributed by atoms with van der Waals surface area (Å²) >= 11 is 17.4. The second kappa shape index (κ2) is 7.32. The SMILES string of the molecule is Cc1ccc(C(C)NC(=S)Nc2ccc(Cl)cc2Cl)cc1C. The molecule has 0 aliphatic rings. The summed E-state index contributed by atoms with van der Waals surface area (Å²) in [5.74, 6) is 0. The first-order chi connectivity index (χ1) is 10.4. The molecule has 0 saturated heterocycles. The van der Waals surface area contributed by atoms with Gasteiger partial charge in [-0.2, -0.15) is 0 Å². The number of hydrogen-bond acceptors (Lipinski definition) is 1. The minimum atomic E-state index is 0.102. The highest BCUT2D eigenvalue weighted by Gasteiger charge is 2.09. The lowest BCUT2D eigenvalue weighted by Gasteiger charge is -2.19. The Morgan fingerprint density at radius 1 is 1.05 bits per heavy atom. The summed E-state index contributed by atoms with van der Waals surface area (Å²) in [4.78, 5) is 0. The average molecular weight is 353 g/mol. The normalized spacial score (nSPS) is 11.9. The molecule has 0 radical (unpaired) electrons.